The average Bonchev–Trinajstić information content (AvgIpc) is 3.07. The smallest absolute Gasteiger partial charge is 0.329 e. The SMILES string of the molecule is COC(=O)C12CC1CN(c1ccc(C)cc1)S2(=O)=O. The van der Waals surface area contributed by atoms with E-state index in [2.05, 4.69) is 4.74 Å². The molecule has 0 amide bonds. The van der Waals surface area contributed by atoms with E-state index in [1.165, 1.54) is 11.4 Å². The van der Waals surface area contributed by atoms with Crippen LogP contribution >= 0.6 is 0 Å². The van der Waals surface area contributed by atoms with E-state index < -0.39 is 20.7 Å². The Labute approximate surface area is 112 Å². The van der Waals surface area contributed by atoms with E-state index in [0.717, 1.165) is 5.56 Å². The van der Waals surface area contributed by atoms with Gasteiger partial charge in [-0.3, -0.25) is 9.10 Å². The zero-order valence-corrected chi connectivity index (χ0v) is 11.6. The Balaban J connectivity index is 2.00. The minimum absolute atomic E-state index is 0.147. The molecule has 2 fully saturated rings. The van der Waals surface area contributed by atoms with Crippen LogP contribution in [0.15, 0.2) is 24.3 Å². The van der Waals surface area contributed by atoms with Crippen LogP contribution in [0.3, 0.4) is 0 Å². The van der Waals surface area contributed by atoms with Gasteiger partial charge in [0, 0.05) is 12.5 Å². The third-order valence-corrected chi connectivity index (χ3v) is 6.57. The number of ether oxygens (including phenoxy) is 1. The number of carbonyl (C=O) groups excluding carboxylic acids is 1. The summed E-state index contributed by atoms with van der Waals surface area (Å²) in [6.07, 6.45) is 0.379. The van der Waals surface area contributed by atoms with Crippen molar-refractivity contribution in [3.05, 3.63) is 29.8 Å². The number of carbonyl (C=O) groups is 1. The van der Waals surface area contributed by atoms with Gasteiger partial charge in [0.05, 0.1) is 12.8 Å². The monoisotopic (exact) mass is 281 g/mol. The normalized spacial score (nSPS) is 30.8. The Morgan fingerprint density at radius 1 is 1.37 bits per heavy atom. The molecule has 1 aromatic rings. The molecule has 1 saturated carbocycles. The number of benzene rings is 1. The van der Waals surface area contributed by atoms with Gasteiger partial charge < -0.3 is 4.74 Å². The molecule has 1 aliphatic carbocycles. The van der Waals surface area contributed by atoms with Crippen molar-refractivity contribution < 1.29 is 17.9 Å². The van der Waals surface area contributed by atoms with Crippen molar-refractivity contribution in [1.29, 1.82) is 0 Å². The number of rotatable bonds is 2. The number of fused-ring (bicyclic) bond motifs is 1. The minimum atomic E-state index is -3.67. The van der Waals surface area contributed by atoms with Gasteiger partial charge in [-0.25, -0.2) is 8.42 Å². The molecule has 2 unspecified atom stereocenters. The summed E-state index contributed by atoms with van der Waals surface area (Å²) in [6.45, 7) is 2.30. The van der Waals surface area contributed by atoms with Gasteiger partial charge in [-0.15, -0.1) is 0 Å². The van der Waals surface area contributed by atoms with Crippen LogP contribution in [0.2, 0.25) is 0 Å². The molecular formula is C13H15NO4S. The van der Waals surface area contributed by atoms with Crippen LogP contribution in [0, 0.1) is 12.8 Å². The fraction of sp³-hybridized carbons (Fsp3) is 0.462. The summed E-state index contributed by atoms with van der Waals surface area (Å²) in [7, 11) is -2.44. The molecule has 19 heavy (non-hydrogen) atoms. The van der Waals surface area contributed by atoms with Crippen molar-refractivity contribution in [3.63, 3.8) is 0 Å². The molecule has 2 aliphatic rings. The van der Waals surface area contributed by atoms with Crippen molar-refractivity contribution in [2.24, 2.45) is 5.92 Å². The van der Waals surface area contributed by atoms with Crippen molar-refractivity contribution in [2.45, 2.75) is 18.1 Å². The summed E-state index contributed by atoms with van der Waals surface area (Å²) in [6, 6.07) is 7.25. The third-order valence-electron chi connectivity index (χ3n) is 4.04. The fourth-order valence-electron chi connectivity index (χ4n) is 2.81. The summed E-state index contributed by atoms with van der Waals surface area (Å²) in [4.78, 5) is 11.8. The van der Waals surface area contributed by atoms with Crippen LogP contribution in [-0.4, -0.2) is 32.8 Å². The Hall–Kier alpha value is -1.56. The van der Waals surface area contributed by atoms with E-state index in [0.29, 0.717) is 18.7 Å². The first-order chi connectivity index (χ1) is 8.93. The number of sulfonamides is 1. The maximum atomic E-state index is 12.6. The second-order valence-corrected chi connectivity index (χ2v) is 7.27. The predicted octanol–water partition coefficient (Wildman–Crippen LogP) is 1.08. The Kier molecular flexibility index (Phi) is 2.44. The number of nitrogens with zero attached hydrogens (tertiary/aromatic N) is 1. The predicted molar refractivity (Wildman–Crippen MR) is 70.3 cm³/mol. The molecule has 0 aromatic heterocycles. The summed E-state index contributed by atoms with van der Waals surface area (Å²) < 4.78 is 29.8. The fourth-order valence-corrected chi connectivity index (χ4v) is 5.18. The Bertz CT molecular complexity index is 637. The second kappa shape index (κ2) is 3.72. The lowest BCUT2D eigenvalue weighted by molar-refractivity contribution is -0.141. The van der Waals surface area contributed by atoms with Gasteiger partial charge in [0.25, 0.3) is 10.0 Å². The summed E-state index contributed by atoms with van der Waals surface area (Å²) in [5.41, 5.74) is 1.68. The van der Waals surface area contributed by atoms with E-state index in [1.807, 2.05) is 19.1 Å². The zero-order chi connectivity index (χ0) is 13.8. The van der Waals surface area contributed by atoms with Crippen LogP contribution in [0.5, 0.6) is 0 Å². The molecule has 1 saturated heterocycles. The summed E-state index contributed by atoms with van der Waals surface area (Å²) in [5.74, 6) is -0.779. The van der Waals surface area contributed by atoms with Gasteiger partial charge in [-0.05, 0) is 25.5 Å². The first-order valence-corrected chi connectivity index (χ1v) is 7.55. The van der Waals surface area contributed by atoms with E-state index in [-0.39, 0.29) is 5.92 Å². The van der Waals surface area contributed by atoms with Crippen LogP contribution < -0.4 is 4.31 Å². The largest absolute Gasteiger partial charge is 0.468 e. The molecule has 3 rings (SSSR count). The highest BCUT2D eigenvalue weighted by molar-refractivity contribution is 7.95. The van der Waals surface area contributed by atoms with Crippen molar-refractivity contribution in [3.8, 4) is 0 Å². The highest BCUT2D eigenvalue weighted by Crippen LogP contribution is 2.58. The van der Waals surface area contributed by atoms with Gasteiger partial charge in [-0.2, -0.15) is 0 Å². The van der Waals surface area contributed by atoms with E-state index in [1.54, 1.807) is 12.1 Å². The van der Waals surface area contributed by atoms with Gasteiger partial charge in [0.15, 0.2) is 4.75 Å². The maximum absolute atomic E-state index is 12.6. The van der Waals surface area contributed by atoms with Gasteiger partial charge >= 0.3 is 5.97 Å². The van der Waals surface area contributed by atoms with Crippen LogP contribution in [0.1, 0.15) is 12.0 Å². The number of aryl methyl sites for hydroxylation is 1. The molecule has 0 N–H and O–H groups in total. The van der Waals surface area contributed by atoms with Crippen molar-refractivity contribution in [2.75, 3.05) is 18.0 Å². The van der Waals surface area contributed by atoms with Crippen LogP contribution in [0.4, 0.5) is 5.69 Å². The molecule has 1 heterocycles. The summed E-state index contributed by atoms with van der Waals surface area (Å²) in [5, 5.41) is 0. The van der Waals surface area contributed by atoms with E-state index in [4.69, 9.17) is 0 Å². The number of hydrogen-bond donors (Lipinski definition) is 0. The topological polar surface area (TPSA) is 63.7 Å². The minimum Gasteiger partial charge on any atom is -0.468 e. The molecule has 1 aliphatic heterocycles. The van der Waals surface area contributed by atoms with E-state index >= 15 is 0 Å². The summed E-state index contributed by atoms with van der Waals surface area (Å²) >= 11 is 0. The standard InChI is InChI=1S/C13H15NO4S/c1-9-3-5-11(6-4-9)14-8-10-7-13(10,12(15)18-2)19(14,16)17/h3-6,10H,7-8H2,1-2H3. The first kappa shape index (κ1) is 12.5. The molecule has 0 radical (unpaired) electrons. The van der Waals surface area contributed by atoms with Crippen LogP contribution in [-0.2, 0) is 19.6 Å². The zero-order valence-electron chi connectivity index (χ0n) is 10.8. The molecule has 0 spiro atoms. The molecule has 2 atom stereocenters. The van der Waals surface area contributed by atoms with Crippen molar-refractivity contribution >= 4 is 21.7 Å². The highest BCUT2D eigenvalue weighted by Gasteiger charge is 2.76. The molecule has 6 heteroatoms. The Morgan fingerprint density at radius 2 is 2.00 bits per heavy atom. The molecular weight excluding hydrogens is 266 g/mol. The second-order valence-electron chi connectivity index (χ2n) is 5.15. The lowest BCUT2D eigenvalue weighted by Gasteiger charge is -2.22. The van der Waals surface area contributed by atoms with Gasteiger partial charge in [0.2, 0.25) is 0 Å². The van der Waals surface area contributed by atoms with E-state index in [9.17, 15) is 13.2 Å². The highest BCUT2D eigenvalue weighted by atomic mass is 32.2. The van der Waals surface area contributed by atoms with Crippen LogP contribution in [0.25, 0.3) is 0 Å². The Morgan fingerprint density at radius 3 is 2.58 bits per heavy atom. The van der Waals surface area contributed by atoms with Crippen molar-refractivity contribution in [1.82, 2.24) is 0 Å². The molecule has 1 aromatic carbocycles. The first-order valence-electron chi connectivity index (χ1n) is 6.11. The van der Waals surface area contributed by atoms with Gasteiger partial charge in [-0.1, -0.05) is 17.7 Å². The molecule has 5 nitrogen and oxygen atoms in total. The van der Waals surface area contributed by atoms with Gasteiger partial charge in [0.1, 0.15) is 0 Å². The number of methoxy groups -OCH3 is 1. The molecule has 102 valence electrons. The number of esters is 1. The maximum Gasteiger partial charge on any atom is 0.329 e. The number of anilines is 1. The number of hydrogen-bond acceptors (Lipinski definition) is 4. The lowest BCUT2D eigenvalue weighted by Crippen LogP contribution is -2.40. The average molecular weight is 281 g/mol. The quantitative estimate of drug-likeness (QED) is 0.761. The lowest BCUT2D eigenvalue weighted by atomic mass is 10.2. The molecule has 0 bridgehead atoms. The third kappa shape index (κ3) is 1.46.